The molecule has 0 aliphatic heterocycles. The van der Waals surface area contributed by atoms with E-state index in [9.17, 15) is 4.39 Å². The molecule has 0 unspecified atom stereocenters. The lowest BCUT2D eigenvalue weighted by Gasteiger charge is -2.09. The number of hydrogen-bond donors (Lipinski definition) is 1. The summed E-state index contributed by atoms with van der Waals surface area (Å²) in [6.07, 6.45) is 1.86. The van der Waals surface area contributed by atoms with E-state index in [-0.39, 0.29) is 5.82 Å². The third-order valence-electron chi connectivity index (χ3n) is 2.87. The monoisotopic (exact) mass is 243 g/mol. The molecule has 0 aliphatic carbocycles. The van der Waals surface area contributed by atoms with Crippen molar-refractivity contribution in [3.63, 3.8) is 0 Å². The zero-order chi connectivity index (χ0) is 13.1. The van der Waals surface area contributed by atoms with Crippen molar-refractivity contribution in [2.75, 3.05) is 5.32 Å². The molecule has 0 amide bonds. The lowest BCUT2D eigenvalue weighted by atomic mass is 10.2. The van der Waals surface area contributed by atoms with Gasteiger partial charge in [0.2, 0.25) is 0 Å². The summed E-state index contributed by atoms with van der Waals surface area (Å²) in [5.74, 6) is -0.258. The minimum absolute atomic E-state index is 0.258. The van der Waals surface area contributed by atoms with Gasteiger partial charge in [-0.25, -0.2) is 4.39 Å². The Morgan fingerprint density at radius 1 is 1.44 bits per heavy atom. The Labute approximate surface area is 105 Å². The molecule has 4 heteroatoms. The fourth-order valence-corrected chi connectivity index (χ4v) is 1.89. The minimum atomic E-state index is -0.258. The van der Waals surface area contributed by atoms with Gasteiger partial charge in [0.1, 0.15) is 17.6 Å². The molecule has 0 aliphatic rings. The number of nitrogens with one attached hydrogen (secondary N) is 1. The predicted molar refractivity (Wildman–Crippen MR) is 68.6 cm³/mol. The minimum Gasteiger partial charge on any atom is -0.378 e. The van der Waals surface area contributed by atoms with E-state index in [1.54, 1.807) is 16.7 Å². The Hall–Kier alpha value is -2.28. The average molecular weight is 243 g/mol. The summed E-state index contributed by atoms with van der Waals surface area (Å²) < 4.78 is 15.3. The SMILES string of the molecule is Cc1cccc(F)c1NCc1cc(C#N)n(C)c1. The summed E-state index contributed by atoms with van der Waals surface area (Å²) in [5, 5.41) is 11.9. The second-order valence-electron chi connectivity index (χ2n) is 4.24. The number of halogens is 1. The van der Waals surface area contributed by atoms with Crippen LogP contribution in [0, 0.1) is 24.1 Å². The molecule has 0 radical (unpaired) electrons. The van der Waals surface area contributed by atoms with Gasteiger partial charge in [-0.15, -0.1) is 0 Å². The van der Waals surface area contributed by atoms with Crippen molar-refractivity contribution >= 4 is 5.69 Å². The normalized spacial score (nSPS) is 10.1. The third kappa shape index (κ3) is 2.35. The molecule has 1 aromatic heterocycles. The molecule has 0 saturated carbocycles. The second kappa shape index (κ2) is 4.92. The molecule has 1 heterocycles. The molecule has 1 N–H and O–H groups in total. The van der Waals surface area contributed by atoms with Crippen molar-refractivity contribution in [2.24, 2.45) is 7.05 Å². The van der Waals surface area contributed by atoms with Crippen LogP contribution in [0.1, 0.15) is 16.8 Å². The number of benzene rings is 1. The van der Waals surface area contributed by atoms with Gasteiger partial charge >= 0.3 is 0 Å². The smallest absolute Gasteiger partial charge is 0.146 e. The number of rotatable bonds is 3. The largest absolute Gasteiger partial charge is 0.378 e. The average Bonchev–Trinajstić information content (AvgIpc) is 2.69. The first kappa shape index (κ1) is 12.2. The van der Waals surface area contributed by atoms with E-state index in [2.05, 4.69) is 11.4 Å². The maximum Gasteiger partial charge on any atom is 0.146 e. The van der Waals surface area contributed by atoms with Crippen LogP contribution in [0.15, 0.2) is 30.5 Å². The van der Waals surface area contributed by atoms with Crippen molar-refractivity contribution in [1.29, 1.82) is 5.26 Å². The number of anilines is 1. The Bertz CT molecular complexity index is 588. The van der Waals surface area contributed by atoms with Crippen molar-refractivity contribution in [3.8, 4) is 6.07 Å². The summed E-state index contributed by atoms with van der Waals surface area (Å²) in [7, 11) is 1.82. The highest BCUT2D eigenvalue weighted by atomic mass is 19.1. The second-order valence-corrected chi connectivity index (χ2v) is 4.24. The van der Waals surface area contributed by atoms with Gasteiger partial charge in [-0.05, 0) is 30.2 Å². The predicted octanol–water partition coefficient (Wildman–Crippen LogP) is 2.96. The molecule has 92 valence electrons. The van der Waals surface area contributed by atoms with Crippen LogP contribution in [0.25, 0.3) is 0 Å². The summed E-state index contributed by atoms with van der Waals surface area (Å²) in [5.41, 5.74) is 2.93. The summed E-state index contributed by atoms with van der Waals surface area (Å²) >= 11 is 0. The van der Waals surface area contributed by atoms with Crippen LogP contribution in [-0.2, 0) is 13.6 Å². The van der Waals surface area contributed by atoms with E-state index in [4.69, 9.17) is 5.26 Å². The van der Waals surface area contributed by atoms with Gasteiger partial charge in [0.15, 0.2) is 0 Å². The first-order chi connectivity index (χ1) is 8.61. The van der Waals surface area contributed by atoms with E-state index >= 15 is 0 Å². The fourth-order valence-electron chi connectivity index (χ4n) is 1.89. The number of nitrogens with zero attached hydrogens (tertiary/aromatic N) is 2. The molecule has 0 bridgehead atoms. The lowest BCUT2D eigenvalue weighted by Crippen LogP contribution is -2.02. The fraction of sp³-hybridized carbons (Fsp3) is 0.214. The highest BCUT2D eigenvalue weighted by Gasteiger charge is 2.06. The Kier molecular flexibility index (Phi) is 3.33. The molecule has 2 aromatic rings. The third-order valence-corrected chi connectivity index (χ3v) is 2.87. The van der Waals surface area contributed by atoms with E-state index in [1.807, 2.05) is 26.2 Å². The topological polar surface area (TPSA) is 40.8 Å². The summed E-state index contributed by atoms with van der Waals surface area (Å²) in [6.45, 7) is 2.36. The van der Waals surface area contributed by atoms with Crippen molar-refractivity contribution < 1.29 is 4.39 Å². The molecule has 0 fully saturated rings. The van der Waals surface area contributed by atoms with Gasteiger partial charge in [0.05, 0.1) is 5.69 Å². The van der Waals surface area contributed by atoms with E-state index in [0.29, 0.717) is 17.9 Å². The molecule has 3 nitrogen and oxygen atoms in total. The van der Waals surface area contributed by atoms with Crippen LogP contribution in [-0.4, -0.2) is 4.57 Å². The van der Waals surface area contributed by atoms with Gasteiger partial charge in [-0.1, -0.05) is 12.1 Å². The van der Waals surface area contributed by atoms with Gasteiger partial charge in [0.25, 0.3) is 0 Å². The van der Waals surface area contributed by atoms with Crippen LogP contribution in [0.5, 0.6) is 0 Å². The number of nitriles is 1. The summed E-state index contributed by atoms with van der Waals surface area (Å²) in [6, 6.07) is 8.87. The number of para-hydroxylation sites is 1. The highest BCUT2D eigenvalue weighted by molar-refractivity contribution is 5.52. The van der Waals surface area contributed by atoms with Crippen LogP contribution >= 0.6 is 0 Å². The van der Waals surface area contributed by atoms with Crippen LogP contribution < -0.4 is 5.32 Å². The molecule has 1 aromatic carbocycles. The summed E-state index contributed by atoms with van der Waals surface area (Å²) in [4.78, 5) is 0. The quantitative estimate of drug-likeness (QED) is 0.900. The number of aromatic nitrogens is 1. The molecule has 2 rings (SSSR count). The lowest BCUT2D eigenvalue weighted by molar-refractivity contribution is 0.629. The number of aryl methyl sites for hydroxylation is 2. The molecule has 0 saturated heterocycles. The van der Waals surface area contributed by atoms with Crippen LogP contribution in [0.3, 0.4) is 0 Å². The van der Waals surface area contributed by atoms with E-state index < -0.39 is 0 Å². The first-order valence-electron chi connectivity index (χ1n) is 5.66. The Balaban J connectivity index is 2.14. The van der Waals surface area contributed by atoms with E-state index in [0.717, 1.165) is 11.1 Å². The van der Waals surface area contributed by atoms with Crippen molar-refractivity contribution in [2.45, 2.75) is 13.5 Å². The van der Waals surface area contributed by atoms with Gasteiger partial charge in [-0.2, -0.15) is 5.26 Å². The zero-order valence-corrected chi connectivity index (χ0v) is 10.4. The maximum absolute atomic E-state index is 13.6. The number of hydrogen-bond acceptors (Lipinski definition) is 2. The van der Waals surface area contributed by atoms with E-state index in [1.165, 1.54) is 6.07 Å². The highest BCUT2D eigenvalue weighted by Crippen LogP contribution is 2.19. The standard InChI is InChI=1S/C14H14FN3/c1-10-4-3-5-13(15)14(10)17-8-11-6-12(7-16)18(2)9-11/h3-6,9,17H,8H2,1-2H3. The van der Waals surface area contributed by atoms with Crippen molar-refractivity contribution in [3.05, 3.63) is 53.1 Å². The molecule has 0 spiro atoms. The first-order valence-corrected chi connectivity index (χ1v) is 5.66. The Morgan fingerprint density at radius 2 is 2.22 bits per heavy atom. The van der Waals surface area contributed by atoms with Crippen LogP contribution in [0.2, 0.25) is 0 Å². The molecule has 18 heavy (non-hydrogen) atoms. The maximum atomic E-state index is 13.6. The molecular weight excluding hydrogens is 229 g/mol. The van der Waals surface area contributed by atoms with Gasteiger partial charge in [0, 0.05) is 19.8 Å². The van der Waals surface area contributed by atoms with Crippen molar-refractivity contribution in [1.82, 2.24) is 4.57 Å². The van der Waals surface area contributed by atoms with Crippen LogP contribution in [0.4, 0.5) is 10.1 Å². The molecular formula is C14H14FN3. The zero-order valence-electron chi connectivity index (χ0n) is 10.4. The Morgan fingerprint density at radius 3 is 2.83 bits per heavy atom. The molecule has 0 atom stereocenters. The van der Waals surface area contributed by atoms with Gasteiger partial charge in [-0.3, -0.25) is 0 Å². The van der Waals surface area contributed by atoms with Gasteiger partial charge < -0.3 is 9.88 Å².